The highest BCUT2D eigenvalue weighted by Gasteiger charge is 2.34. The molecule has 1 aliphatic rings. The minimum Gasteiger partial charge on any atom is -0.467 e. The average Bonchev–Trinajstić information content (AvgIpc) is 2.82. The van der Waals surface area contributed by atoms with Crippen LogP contribution >= 0.6 is 0 Å². The Hall–Kier alpha value is -1.49. The molecule has 94 valence electrons. The number of nitrogens with one attached hydrogen (secondary N) is 2. The first-order valence-corrected chi connectivity index (χ1v) is 5.80. The van der Waals surface area contributed by atoms with Gasteiger partial charge in [0, 0.05) is 13.2 Å². The molecular weight excluding hydrogens is 220 g/mol. The lowest BCUT2D eigenvalue weighted by molar-refractivity contribution is 0.157. The first-order chi connectivity index (χ1) is 8.20. The van der Waals surface area contributed by atoms with Crippen LogP contribution in [-0.4, -0.2) is 25.8 Å². The second-order valence-electron chi connectivity index (χ2n) is 4.46. The van der Waals surface area contributed by atoms with E-state index in [-0.39, 0.29) is 12.1 Å². The standard InChI is InChI=1S/C12H18N2O3/c1-8-6-9(8)13-12(15)14-10(7-16-2)11-4-3-5-17-11/h3-5,8-10H,6-7H2,1-2H3,(H2,13,14,15)/t8-,9-,10-/m0/s1. The van der Waals surface area contributed by atoms with E-state index in [1.165, 1.54) is 0 Å². The van der Waals surface area contributed by atoms with Gasteiger partial charge in [0.25, 0.3) is 0 Å². The highest BCUT2D eigenvalue weighted by molar-refractivity contribution is 5.75. The van der Waals surface area contributed by atoms with Crippen LogP contribution in [0.25, 0.3) is 0 Å². The molecule has 0 bridgehead atoms. The lowest BCUT2D eigenvalue weighted by atomic mass is 10.2. The number of amides is 2. The Morgan fingerprint density at radius 3 is 3.00 bits per heavy atom. The molecule has 0 aliphatic heterocycles. The Balaban J connectivity index is 1.86. The monoisotopic (exact) mass is 238 g/mol. The summed E-state index contributed by atoms with van der Waals surface area (Å²) in [4.78, 5) is 11.7. The van der Waals surface area contributed by atoms with Gasteiger partial charge in [-0.05, 0) is 24.5 Å². The normalized spacial score (nSPS) is 24.1. The van der Waals surface area contributed by atoms with Crippen LogP contribution in [0.5, 0.6) is 0 Å². The minimum absolute atomic E-state index is 0.169. The van der Waals surface area contributed by atoms with Crippen molar-refractivity contribution in [1.29, 1.82) is 0 Å². The van der Waals surface area contributed by atoms with Crippen molar-refractivity contribution in [2.45, 2.75) is 25.4 Å². The van der Waals surface area contributed by atoms with E-state index in [1.807, 2.05) is 6.07 Å². The second-order valence-corrected chi connectivity index (χ2v) is 4.46. The summed E-state index contributed by atoms with van der Waals surface area (Å²) < 4.78 is 10.3. The molecular formula is C12H18N2O3. The van der Waals surface area contributed by atoms with Gasteiger partial charge in [0.05, 0.1) is 12.9 Å². The number of hydrogen-bond acceptors (Lipinski definition) is 3. The van der Waals surface area contributed by atoms with Gasteiger partial charge < -0.3 is 19.8 Å². The van der Waals surface area contributed by atoms with Crippen LogP contribution in [0.2, 0.25) is 0 Å². The minimum atomic E-state index is -0.246. The van der Waals surface area contributed by atoms with Crippen LogP contribution in [-0.2, 0) is 4.74 Å². The molecule has 0 spiro atoms. The fourth-order valence-corrected chi connectivity index (χ4v) is 1.74. The van der Waals surface area contributed by atoms with Crippen LogP contribution in [0, 0.1) is 5.92 Å². The number of carbonyl (C=O) groups excluding carboxylic acids is 1. The molecule has 0 aromatic carbocycles. The van der Waals surface area contributed by atoms with Gasteiger partial charge in [0.15, 0.2) is 0 Å². The highest BCUT2D eigenvalue weighted by atomic mass is 16.5. The largest absolute Gasteiger partial charge is 0.467 e. The maximum atomic E-state index is 11.7. The molecule has 0 saturated heterocycles. The van der Waals surface area contributed by atoms with Crippen molar-refractivity contribution in [3.05, 3.63) is 24.2 Å². The highest BCUT2D eigenvalue weighted by Crippen LogP contribution is 2.28. The van der Waals surface area contributed by atoms with Crippen LogP contribution < -0.4 is 10.6 Å². The van der Waals surface area contributed by atoms with E-state index in [0.29, 0.717) is 24.3 Å². The van der Waals surface area contributed by atoms with Gasteiger partial charge in [0.1, 0.15) is 11.8 Å². The molecule has 1 saturated carbocycles. The topological polar surface area (TPSA) is 63.5 Å². The fraction of sp³-hybridized carbons (Fsp3) is 0.583. The Bertz CT molecular complexity index is 364. The zero-order valence-corrected chi connectivity index (χ0v) is 10.1. The molecule has 0 unspecified atom stereocenters. The summed E-state index contributed by atoms with van der Waals surface area (Å²) in [7, 11) is 1.60. The van der Waals surface area contributed by atoms with Crippen molar-refractivity contribution >= 4 is 6.03 Å². The third kappa shape index (κ3) is 3.23. The van der Waals surface area contributed by atoms with E-state index in [9.17, 15) is 4.79 Å². The summed E-state index contributed by atoms with van der Waals surface area (Å²) in [5, 5.41) is 5.75. The lowest BCUT2D eigenvalue weighted by Crippen LogP contribution is -2.40. The van der Waals surface area contributed by atoms with Gasteiger partial charge in [0.2, 0.25) is 0 Å². The van der Waals surface area contributed by atoms with E-state index in [2.05, 4.69) is 17.6 Å². The molecule has 1 aromatic rings. The van der Waals surface area contributed by atoms with Gasteiger partial charge in [-0.25, -0.2) is 4.79 Å². The number of hydrogen-bond donors (Lipinski definition) is 2. The van der Waals surface area contributed by atoms with Crippen molar-refractivity contribution in [1.82, 2.24) is 10.6 Å². The van der Waals surface area contributed by atoms with Gasteiger partial charge in [-0.2, -0.15) is 0 Å². The maximum Gasteiger partial charge on any atom is 0.315 e. The predicted octanol–water partition coefficient (Wildman–Crippen LogP) is 1.67. The number of rotatable bonds is 5. The first-order valence-electron chi connectivity index (χ1n) is 5.80. The van der Waals surface area contributed by atoms with Crippen molar-refractivity contribution < 1.29 is 13.9 Å². The first kappa shape index (κ1) is 12.0. The number of ether oxygens (including phenoxy) is 1. The van der Waals surface area contributed by atoms with Crippen molar-refractivity contribution in [3.8, 4) is 0 Å². The van der Waals surface area contributed by atoms with Gasteiger partial charge in [-0.15, -0.1) is 0 Å². The molecule has 0 radical (unpaired) electrons. The summed E-state index contributed by atoms with van der Waals surface area (Å²) in [5.41, 5.74) is 0. The number of carbonyl (C=O) groups is 1. The van der Waals surface area contributed by atoms with E-state index in [0.717, 1.165) is 6.42 Å². The third-order valence-corrected chi connectivity index (χ3v) is 2.95. The van der Waals surface area contributed by atoms with E-state index >= 15 is 0 Å². The van der Waals surface area contributed by atoms with Gasteiger partial charge in [-0.1, -0.05) is 6.92 Å². The average molecular weight is 238 g/mol. The smallest absolute Gasteiger partial charge is 0.315 e. The second kappa shape index (κ2) is 5.23. The van der Waals surface area contributed by atoms with Crippen molar-refractivity contribution in [2.75, 3.05) is 13.7 Å². The Morgan fingerprint density at radius 2 is 2.47 bits per heavy atom. The van der Waals surface area contributed by atoms with Crippen LogP contribution in [0.4, 0.5) is 4.79 Å². The molecule has 1 aromatic heterocycles. The number of furan rings is 1. The Labute approximate surface area is 101 Å². The molecule has 3 atom stereocenters. The summed E-state index contributed by atoms with van der Waals surface area (Å²) in [6.07, 6.45) is 2.64. The Morgan fingerprint density at radius 1 is 1.71 bits per heavy atom. The predicted molar refractivity (Wildman–Crippen MR) is 62.6 cm³/mol. The van der Waals surface area contributed by atoms with Gasteiger partial charge in [-0.3, -0.25) is 0 Å². The number of urea groups is 1. The molecule has 2 N–H and O–H groups in total. The van der Waals surface area contributed by atoms with E-state index < -0.39 is 0 Å². The molecule has 1 aliphatic carbocycles. The van der Waals surface area contributed by atoms with E-state index in [1.54, 1.807) is 19.4 Å². The van der Waals surface area contributed by atoms with Crippen LogP contribution in [0.3, 0.4) is 0 Å². The lowest BCUT2D eigenvalue weighted by Gasteiger charge is -2.16. The maximum absolute atomic E-state index is 11.7. The van der Waals surface area contributed by atoms with Crippen molar-refractivity contribution in [2.24, 2.45) is 5.92 Å². The van der Waals surface area contributed by atoms with Crippen LogP contribution in [0.1, 0.15) is 25.1 Å². The fourth-order valence-electron chi connectivity index (χ4n) is 1.74. The molecule has 1 heterocycles. The molecule has 1 fully saturated rings. The molecule has 2 amide bonds. The summed E-state index contributed by atoms with van der Waals surface area (Å²) in [5.74, 6) is 1.29. The third-order valence-electron chi connectivity index (χ3n) is 2.95. The quantitative estimate of drug-likeness (QED) is 0.820. The SMILES string of the molecule is COC[C@H](NC(=O)N[C@H]1C[C@@H]1C)c1ccco1. The molecule has 17 heavy (non-hydrogen) atoms. The summed E-state index contributed by atoms with van der Waals surface area (Å²) in [6, 6.07) is 3.52. The Kier molecular flexibility index (Phi) is 3.68. The summed E-state index contributed by atoms with van der Waals surface area (Å²) in [6.45, 7) is 2.51. The van der Waals surface area contributed by atoms with E-state index in [4.69, 9.17) is 9.15 Å². The molecule has 2 rings (SSSR count). The zero-order valence-electron chi connectivity index (χ0n) is 10.1. The summed E-state index contributed by atoms with van der Waals surface area (Å²) >= 11 is 0. The number of methoxy groups -OCH3 is 1. The molecule has 5 nitrogen and oxygen atoms in total. The zero-order chi connectivity index (χ0) is 12.3. The van der Waals surface area contributed by atoms with Crippen LogP contribution in [0.15, 0.2) is 22.8 Å². The molecule has 5 heteroatoms. The van der Waals surface area contributed by atoms with Crippen molar-refractivity contribution in [3.63, 3.8) is 0 Å². The van der Waals surface area contributed by atoms with Gasteiger partial charge >= 0.3 is 6.03 Å².